The standard InChI is InChI=1S/C16H22FN3S/c1-10-6-15(13(7-14(10)17)11(2)18-4)20(5)8-16-12(3)19-9-21-16/h6-7,9,11,18H,8H2,1-5H3. The second kappa shape index (κ2) is 6.54. The summed E-state index contributed by atoms with van der Waals surface area (Å²) in [5.41, 5.74) is 5.64. The Morgan fingerprint density at radius 1 is 1.38 bits per heavy atom. The van der Waals surface area contributed by atoms with E-state index in [1.807, 2.05) is 39.5 Å². The highest BCUT2D eigenvalue weighted by Crippen LogP contribution is 2.30. The molecular weight excluding hydrogens is 285 g/mol. The van der Waals surface area contributed by atoms with Crippen LogP contribution in [0, 0.1) is 19.7 Å². The zero-order valence-corrected chi connectivity index (χ0v) is 14.0. The molecule has 1 heterocycles. The quantitative estimate of drug-likeness (QED) is 0.910. The summed E-state index contributed by atoms with van der Waals surface area (Å²) in [7, 11) is 3.93. The van der Waals surface area contributed by atoms with E-state index in [1.54, 1.807) is 24.3 Å². The molecule has 3 nitrogen and oxygen atoms in total. The molecule has 0 radical (unpaired) electrons. The van der Waals surface area contributed by atoms with E-state index in [4.69, 9.17) is 0 Å². The highest BCUT2D eigenvalue weighted by molar-refractivity contribution is 7.09. The average Bonchev–Trinajstić information content (AvgIpc) is 2.85. The van der Waals surface area contributed by atoms with Gasteiger partial charge in [-0.3, -0.25) is 0 Å². The molecule has 0 saturated heterocycles. The first kappa shape index (κ1) is 15.9. The number of thiazole rings is 1. The first-order valence-electron chi connectivity index (χ1n) is 7.01. The number of aryl methyl sites for hydroxylation is 2. The summed E-state index contributed by atoms with van der Waals surface area (Å²) in [6.07, 6.45) is 0. The van der Waals surface area contributed by atoms with E-state index in [-0.39, 0.29) is 11.9 Å². The number of nitrogens with one attached hydrogen (secondary N) is 1. The SMILES string of the molecule is CNC(C)c1cc(F)c(C)cc1N(C)Cc1scnc1C. The number of halogens is 1. The van der Waals surface area contributed by atoms with Crippen molar-refractivity contribution in [3.8, 4) is 0 Å². The number of hydrogen-bond donors (Lipinski definition) is 1. The van der Waals surface area contributed by atoms with Crippen molar-refractivity contribution >= 4 is 17.0 Å². The van der Waals surface area contributed by atoms with Gasteiger partial charge in [-0.1, -0.05) is 0 Å². The van der Waals surface area contributed by atoms with Gasteiger partial charge in [-0.25, -0.2) is 9.37 Å². The molecule has 0 fully saturated rings. The van der Waals surface area contributed by atoms with Crippen LogP contribution in [0.4, 0.5) is 10.1 Å². The van der Waals surface area contributed by atoms with E-state index in [0.29, 0.717) is 5.56 Å². The predicted molar refractivity (Wildman–Crippen MR) is 87.6 cm³/mol. The van der Waals surface area contributed by atoms with Crippen LogP contribution in [0.5, 0.6) is 0 Å². The number of hydrogen-bond acceptors (Lipinski definition) is 4. The van der Waals surface area contributed by atoms with Crippen molar-refractivity contribution in [1.82, 2.24) is 10.3 Å². The van der Waals surface area contributed by atoms with E-state index in [9.17, 15) is 4.39 Å². The van der Waals surface area contributed by atoms with Gasteiger partial charge < -0.3 is 10.2 Å². The Hall–Kier alpha value is -1.46. The maximum atomic E-state index is 13.9. The Morgan fingerprint density at radius 3 is 2.67 bits per heavy atom. The molecule has 0 aliphatic heterocycles. The molecule has 21 heavy (non-hydrogen) atoms. The van der Waals surface area contributed by atoms with Gasteiger partial charge in [0.2, 0.25) is 0 Å². The predicted octanol–water partition coefficient (Wildman–Crippen LogP) is 3.82. The number of nitrogens with zero attached hydrogens (tertiary/aromatic N) is 2. The van der Waals surface area contributed by atoms with Crippen molar-refractivity contribution in [2.75, 3.05) is 19.0 Å². The minimum atomic E-state index is -0.154. The monoisotopic (exact) mass is 307 g/mol. The van der Waals surface area contributed by atoms with Gasteiger partial charge in [-0.05, 0) is 51.1 Å². The largest absolute Gasteiger partial charge is 0.369 e. The van der Waals surface area contributed by atoms with E-state index in [0.717, 1.165) is 23.5 Å². The fourth-order valence-corrected chi connectivity index (χ4v) is 3.12. The molecule has 1 aromatic heterocycles. The molecular formula is C16H22FN3S. The summed E-state index contributed by atoms with van der Waals surface area (Å²) < 4.78 is 13.9. The second-order valence-electron chi connectivity index (χ2n) is 5.39. The van der Waals surface area contributed by atoms with E-state index < -0.39 is 0 Å². The van der Waals surface area contributed by atoms with Crippen LogP contribution in [-0.4, -0.2) is 19.1 Å². The molecule has 0 saturated carbocycles. The molecule has 0 aliphatic rings. The lowest BCUT2D eigenvalue weighted by atomic mass is 10.0. The summed E-state index contributed by atoms with van der Waals surface area (Å²) in [6.45, 7) is 6.65. The summed E-state index contributed by atoms with van der Waals surface area (Å²) in [5.74, 6) is -0.154. The molecule has 0 aliphatic carbocycles. The molecule has 1 aromatic carbocycles. The number of anilines is 1. The van der Waals surface area contributed by atoms with E-state index in [2.05, 4.69) is 15.2 Å². The highest BCUT2D eigenvalue weighted by Gasteiger charge is 2.16. The lowest BCUT2D eigenvalue weighted by Gasteiger charge is -2.25. The van der Waals surface area contributed by atoms with E-state index >= 15 is 0 Å². The van der Waals surface area contributed by atoms with Crippen molar-refractivity contribution in [3.05, 3.63) is 45.2 Å². The molecule has 2 rings (SSSR count). The Kier molecular flexibility index (Phi) is 4.96. The molecule has 1 atom stereocenters. The molecule has 114 valence electrons. The normalized spacial score (nSPS) is 12.5. The van der Waals surface area contributed by atoms with Crippen molar-refractivity contribution in [2.24, 2.45) is 0 Å². The van der Waals surface area contributed by atoms with Crippen LogP contribution in [0.15, 0.2) is 17.6 Å². The fraction of sp³-hybridized carbons (Fsp3) is 0.438. The third kappa shape index (κ3) is 3.41. The third-order valence-corrected chi connectivity index (χ3v) is 4.76. The minimum absolute atomic E-state index is 0.0973. The van der Waals surface area contributed by atoms with Crippen LogP contribution in [0.1, 0.15) is 34.7 Å². The fourth-order valence-electron chi connectivity index (χ4n) is 2.29. The van der Waals surface area contributed by atoms with Crippen molar-refractivity contribution in [2.45, 2.75) is 33.4 Å². The summed E-state index contributed by atoms with van der Waals surface area (Å²) in [5, 5.41) is 3.19. The maximum absolute atomic E-state index is 13.9. The number of rotatable bonds is 5. The zero-order chi connectivity index (χ0) is 15.6. The van der Waals surface area contributed by atoms with Crippen molar-refractivity contribution in [3.63, 3.8) is 0 Å². The number of benzene rings is 1. The summed E-state index contributed by atoms with van der Waals surface area (Å²) in [4.78, 5) is 7.69. The molecule has 5 heteroatoms. The zero-order valence-electron chi connectivity index (χ0n) is 13.2. The first-order chi connectivity index (χ1) is 9.93. The summed E-state index contributed by atoms with van der Waals surface area (Å²) >= 11 is 1.66. The molecule has 1 unspecified atom stereocenters. The Morgan fingerprint density at radius 2 is 2.10 bits per heavy atom. The molecule has 1 N–H and O–H groups in total. The van der Waals surface area contributed by atoms with Gasteiger partial charge >= 0.3 is 0 Å². The van der Waals surface area contributed by atoms with Crippen LogP contribution in [0.2, 0.25) is 0 Å². The Labute approximate surface area is 129 Å². The lowest BCUT2D eigenvalue weighted by molar-refractivity contribution is 0.600. The maximum Gasteiger partial charge on any atom is 0.126 e. The van der Waals surface area contributed by atoms with Gasteiger partial charge in [-0.2, -0.15) is 0 Å². The van der Waals surface area contributed by atoms with Gasteiger partial charge in [0.05, 0.1) is 17.7 Å². The van der Waals surface area contributed by atoms with Gasteiger partial charge in [-0.15, -0.1) is 11.3 Å². The highest BCUT2D eigenvalue weighted by atomic mass is 32.1. The van der Waals surface area contributed by atoms with Crippen LogP contribution in [0.25, 0.3) is 0 Å². The van der Waals surface area contributed by atoms with Gasteiger partial charge in [0, 0.05) is 23.7 Å². The van der Waals surface area contributed by atoms with E-state index in [1.165, 1.54) is 4.88 Å². The second-order valence-corrected chi connectivity index (χ2v) is 6.33. The molecule has 2 aromatic rings. The van der Waals surface area contributed by atoms with Crippen LogP contribution < -0.4 is 10.2 Å². The van der Waals surface area contributed by atoms with Crippen molar-refractivity contribution in [1.29, 1.82) is 0 Å². The van der Waals surface area contributed by atoms with Crippen LogP contribution in [0.3, 0.4) is 0 Å². The average molecular weight is 307 g/mol. The van der Waals surface area contributed by atoms with Gasteiger partial charge in [0.1, 0.15) is 5.82 Å². The van der Waals surface area contributed by atoms with Crippen LogP contribution in [-0.2, 0) is 6.54 Å². The molecule has 0 bridgehead atoms. The summed E-state index contributed by atoms with van der Waals surface area (Å²) in [6, 6.07) is 3.66. The van der Waals surface area contributed by atoms with Crippen molar-refractivity contribution < 1.29 is 4.39 Å². The Balaban J connectivity index is 2.37. The smallest absolute Gasteiger partial charge is 0.126 e. The number of aromatic nitrogens is 1. The van der Waals surface area contributed by atoms with Gasteiger partial charge in [0.15, 0.2) is 0 Å². The van der Waals surface area contributed by atoms with Gasteiger partial charge in [0.25, 0.3) is 0 Å². The molecule has 0 spiro atoms. The van der Waals surface area contributed by atoms with Crippen LogP contribution >= 0.6 is 11.3 Å². The first-order valence-corrected chi connectivity index (χ1v) is 7.89. The lowest BCUT2D eigenvalue weighted by Crippen LogP contribution is -2.22. The third-order valence-electron chi connectivity index (χ3n) is 3.84. The Bertz CT molecular complexity index is 624. The minimum Gasteiger partial charge on any atom is -0.369 e. The molecule has 0 amide bonds. The topological polar surface area (TPSA) is 28.2 Å².